The highest BCUT2D eigenvalue weighted by atomic mass is 19.2. The Morgan fingerprint density at radius 1 is 0.667 bits per heavy atom. The van der Waals surface area contributed by atoms with E-state index in [9.17, 15) is 13.2 Å². The Kier molecular flexibility index (Phi) is 9.59. The lowest BCUT2D eigenvalue weighted by Crippen LogP contribution is -2.25. The first-order valence-electron chi connectivity index (χ1n) is 12.7. The van der Waals surface area contributed by atoms with Crippen molar-refractivity contribution in [2.24, 2.45) is 17.8 Å². The van der Waals surface area contributed by atoms with Crippen LogP contribution in [0.4, 0.5) is 13.2 Å². The second-order valence-electron chi connectivity index (χ2n) is 10.1. The maximum Gasteiger partial charge on any atom is 0.194 e. The van der Waals surface area contributed by atoms with Crippen molar-refractivity contribution in [1.29, 1.82) is 0 Å². The summed E-state index contributed by atoms with van der Waals surface area (Å²) in [7, 11) is 0. The van der Waals surface area contributed by atoms with Crippen LogP contribution in [0.5, 0.6) is 0 Å². The third-order valence-corrected chi connectivity index (χ3v) is 8.02. The number of rotatable bonds is 10. The Balaban J connectivity index is 1.33. The summed E-state index contributed by atoms with van der Waals surface area (Å²) in [6.07, 6.45) is 21.0. The third-order valence-electron chi connectivity index (χ3n) is 8.02. The summed E-state index contributed by atoms with van der Waals surface area (Å²) in [5.74, 6) is -0.703. The average molecular weight is 423 g/mol. The highest BCUT2D eigenvalue weighted by Gasteiger charge is 2.31. The average Bonchev–Trinajstić information content (AvgIpc) is 2.77. The van der Waals surface area contributed by atoms with E-state index in [1.807, 2.05) is 0 Å². The van der Waals surface area contributed by atoms with Crippen LogP contribution in [-0.4, -0.2) is 0 Å². The minimum absolute atomic E-state index is 0.180. The number of unbranched alkanes of at least 4 members (excludes halogenated alkanes) is 6. The molecule has 0 amide bonds. The highest BCUT2D eigenvalue weighted by Crippen LogP contribution is 2.44. The molecular formula is C27H41F3. The summed E-state index contributed by atoms with van der Waals surface area (Å²) >= 11 is 0. The van der Waals surface area contributed by atoms with Crippen LogP contribution in [0.15, 0.2) is 12.1 Å². The topological polar surface area (TPSA) is 0 Å². The van der Waals surface area contributed by atoms with Gasteiger partial charge in [-0.2, -0.15) is 0 Å². The van der Waals surface area contributed by atoms with E-state index in [0.717, 1.165) is 43.4 Å². The van der Waals surface area contributed by atoms with Crippen molar-refractivity contribution in [2.45, 2.75) is 116 Å². The molecule has 30 heavy (non-hydrogen) atoms. The predicted molar refractivity (Wildman–Crippen MR) is 119 cm³/mol. The van der Waals surface area contributed by atoms with Crippen LogP contribution in [0.3, 0.4) is 0 Å². The van der Waals surface area contributed by atoms with Gasteiger partial charge in [0, 0.05) is 0 Å². The van der Waals surface area contributed by atoms with Gasteiger partial charge in [0.05, 0.1) is 0 Å². The summed E-state index contributed by atoms with van der Waals surface area (Å²) in [4.78, 5) is 0. The molecule has 2 fully saturated rings. The van der Waals surface area contributed by atoms with Crippen LogP contribution in [0.25, 0.3) is 0 Å². The van der Waals surface area contributed by atoms with Gasteiger partial charge in [0.1, 0.15) is 0 Å². The lowest BCUT2D eigenvalue weighted by molar-refractivity contribution is 0.155. The fraction of sp³-hybridized carbons (Fsp3) is 0.778. The minimum Gasteiger partial charge on any atom is -0.204 e. The molecule has 0 aliphatic heterocycles. The molecule has 2 aliphatic carbocycles. The van der Waals surface area contributed by atoms with E-state index in [4.69, 9.17) is 0 Å². The Morgan fingerprint density at radius 2 is 1.17 bits per heavy atom. The van der Waals surface area contributed by atoms with E-state index in [1.165, 1.54) is 89.2 Å². The molecule has 3 heteroatoms. The molecule has 0 spiro atoms. The van der Waals surface area contributed by atoms with E-state index in [2.05, 4.69) is 6.92 Å². The van der Waals surface area contributed by atoms with E-state index in [-0.39, 0.29) is 5.92 Å². The summed E-state index contributed by atoms with van der Waals surface area (Å²) in [6.45, 7) is 2.27. The molecular weight excluding hydrogens is 381 g/mol. The van der Waals surface area contributed by atoms with Crippen molar-refractivity contribution in [1.82, 2.24) is 0 Å². The van der Waals surface area contributed by atoms with Crippen LogP contribution in [-0.2, 0) is 0 Å². The van der Waals surface area contributed by atoms with Gasteiger partial charge in [-0.25, -0.2) is 13.2 Å². The molecule has 0 atom stereocenters. The normalized spacial score (nSPS) is 27.3. The first-order valence-corrected chi connectivity index (χ1v) is 12.7. The van der Waals surface area contributed by atoms with Crippen LogP contribution >= 0.6 is 0 Å². The van der Waals surface area contributed by atoms with Gasteiger partial charge >= 0.3 is 0 Å². The molecule has 0 nitrogen and oxygen atoms in total. The zero-order chi connectivity index (χ0) is 21.3. The molecule has 2 saturated carbocycles. The largest absolute Gasteiger partial charge is 0.204 e. The summed E-state index contributed by atoms with van der Waals surface area (Å²) in [5.41, 5.74) is 0.642. The van der Waals surface area contributed by atoms with Gasteiger partial charge in [0.2, 0.25) is 0 Å². The van der Waals surface area contributed by atoms with Crippen molar-refractivity contribution in [3.8, 4) is 0 Å². The van der Waals surface area contributed by atoms with E-state index in [1.54, 1.807) is 0 Å². The summed E-state index contributed by atoms with van der Waals surface area (Å²) in [6, 6.07) is 2.41. The molecule has 0 saturated heterocycles. The lowest BCUT2D eigenvalue weighted by atomic mass is 9.68. The smallest absolute Gasteiger partial charge is 0.194 e. The molecule has 2 aliphatic rings. The molecule has 0 heterocycles. The van der Waals surface area contributed by atoms with Crippen LogP contribution in [0.1, 0.15) is 121 Å². The van der Waals surface area contributed by atoms with Crippen molar-refractivity contribution in [3.63, 3.8) is 0 Å². The second-order valence-corrected chi connectivity index (χ2v) is 10.1. The molecule has 1 aromatic carbocycles. The maximum absolute atomic E-state index is 13.6. The van der Waals surface area contributed by atoms with E-state index >= 15 is 0 Å². The maximum atomic E-state index is 13.6. The molecule has 0 bridgehead atoms. The van der Waals surface area contributed by atoms with Gasteiger partial charge in [0.25, 0.3) is 0 Å². The van der Waals surface area contributed by atoms with Gasteiger partial charge in [-0.15, -0.1) is 0 Å². The van der Waals surface area contributed by atoms with Gasteiger partial charge in [-0.1, -0.05) is 71.1 Å². The summed E-state index contributed by atoms with van der Waals surface area (Å²) < 4.78 is 40.4. The zero-order valence-corrected chi connectivity index (χ0v) is 18.9. The van der Waals surface area contributed by atoms with Crippen LogP contribution in [0, 0.1) is 35.2 Å². The fourth-order valence-electron chi connectivity index (χ4n) is 6.07. The molecule has 0 N–H and O–H groups in total. The van der Waals surface area contributed by atoms with Gasteiger partial charge < -0.3 is 0 Å². The Morgan fingerprint density at radius 3 is 1.73 bits per heavy atom. The van der Waals surface area contributed by atoms with Gasteiger partial charge in [0.15, 0.2) is 17.5 Å². The van der Waals surface area contributed by atoms with Gasteiger partial charge in [-0.3, -0.25) is 0 Å². The highest BCUT2D eigenvalue weighted by molar-refractivity contribution is 5.23. The molecule has 3 rings (SSSR count). The molecule has 0 unspecified atom stereocenters. The molecule has 170 valence electrons. The number of benzene rings is 1. The lowest BCUT2D eigenvalue weighted by Gasteiger charge is -2.38. The van der Waals surface area contributed by atoms with Crippen molar-refractivity contribution < 1.29 is 13.2 Å². The van der Waals surface area contributed by atoms with Gasteiger partial charge in [-0.05, 0) is 79.9 Å². The summed E-state index contributed by atoms with van der Waals surface area (Å²) in [5, 5.41) is 0. The zero-order valence-electron chi connectivity index (χ0n) is 18.9. The fourth-order valence-corrected chi connectivity index (χ4v) is 6.07. The minimum atomic E-state index is -1.35. The Labute approximate surface area is 182 Å². The SMILES string of the molecule is CCCCCCCCC[C@H]1CC[C@H]([C@H]2CC[C@H](c3cc(F)c(F)c(F)c3)CC2)CC1. The van der Waals surface area contributed by atoms with Crippen LogP contribution < -0.4 is 0 Å². The molecule has 0 aromatic heterocycles. The molecule has 0 radical (unpaired) electrons. The number of hydrogen-bond donors (Lipinski definition) is 0. The molecule has 1 aromatic rings. The monoisotopic (exact) mass is 422 g/mol. The van der Waals surface area contributed by atoms with Crippen molar-refractivity contribution in [2.75, 3.05) is 0 Å². The Bertz CT molecular complexity index is 602. The quantitative estimate of drug-likeness (QED) is 0.260. The first-order chi connectivity index (χ1) is 14.6. The van der Waals surface area contributed by atoms with Crippen molar-refractivity contribution in [3.05, 3.63) is 35.1 Å². The van der Waals surface area contributed by atoms with E-state index in [0.29, 0.717) is 5.56 Å². The standard InChI is InChI=1S/C27H41F3/c1-2-3-4-5-6-7-8-9-20-10-12-21(13-11-20)22-14-16-23(17-15-22)24-18-25(28)27(30)26(29)19-24/h18-23H,2-17H2,1H3/t20-,21-,22-,23-. The van der Waals surface area contributed by atoms with Crippen LogP contribution in [0.2, 0.25) is 0 Å². The second kappa shape index (κ2) is 12.2. The van der Waals surface area contributed by atoms with E-state index < -0.39 is 17.5 Å². The Hall–Kier alpha value is -0.990. The third kappa shape index (κ3) is 6.76. The van der Waals surface area contributed by atoms with Crippen molar-refractivity contribution >= 4 is 0 Å². The predicted octanol–water partition coefficient (Wildman–Crippen LogP) is 9.32. The number of hydrogen-bond acceptors (Lipinski definition) is 0. The first kappa shape index (κ1) is 23.7. The number of halogens is 3.